The maximum atomic E-state index is 13.2. The van der Waals surface area contributed by atoms with Gasteiger partial charge in [0.15, 0.2) is 0 Å². The van der Waals surface area contributed by atoms with Crippen LogP contribution in [0.25, 0.3) is 0 Å². The van der Waals surface area contributed by atoms with Gasteiger partial charge in [-0.05, 0) is 55.7 Å². The second-order valence-electron chi connectivity index (χ2n) is 8.57. The Labute approximate surface area is 186 Å². The molecule has 32 heavy (non-hydrogen) atoms. The molecule has 1 saturated carbocycles. The van der Waals surface area contributed by atoms with Crippen LogP contribution in [0.5, 0.6) is 5.75 Å². The summed E-state index contributed by atoms with van der Waals surface area (Å²) >= 11 is 0. The first-order chi connectivity index (χ1) is 15.4. The molecule has 5 nitrogen and oxygen atoms in total. The van der Waals surface area contributed by atoms with Gasteiger partial charge in [-0.3, -0.25) is 4.98 Å². The number of hydrogen-bond donors (Lipinski definition) is 1. The maximum absolute atomic E-state index is 13.2. The number of pyridine rings is 1. The smallest absolute Gasteiger partial charge is 0.417 e. The number of halogens is 3. The van der Waals surface area contributed by atoms with Crippen molar-refractivity contribution < 1.29 is 17.9 Å². The summed E-state index contributed by atoms with van der Waals surface area (Å²) in [6.07, 6.45) is 3.30. The number of ether oxygens (including phenoxy) is 1. The van der Waals surface area contributed by atoms with Gasteiger partial charge in [0.05, 0.1) is 41.4 Å². The van der Waals surface area contributed by atoms with Crippen LogP contribution in [-0.4, -0.2) is 37.3 Å². The minimum Gasteiger partial charge on any atom is -0.489 e. The van der Waals surface area contributed by atoms with E-state index >= 15 is 0 Å². The largest absolute Gasteiger partial charge is 0.489 e. The number of aromatic nitrogens is 1. The van der Waals surface area contributed by atoms with E-state index in [9.17, 15) is 13.2 Å². The van der Waals surface area contributed by atoms with Gasteiger partial charge >= 0.3 is 6.18 Å². The number of nitrogens with zero attached hydrogens (tertiary/aromatic N) is 3. The SMILES string of the molecule is N#Cc1ccc(CC2CCC(Oc3cncc(N4CCNCC4)c3)CC2)cc1C(F)(F)F. The normalized spacial score (nSPS) is 21.8. The van der Waals surface area contributed by atoms with Gasteiger partial charge in [0.1, 0.15) is 5.75 Å². The van der Waals surface area contributed by atoms with Crippen molar-refractivity contribution in [2.24, 2.45) is 5.92 Å². The number of nitrogens with one attached hydrogen (secondary N) is 1. The Morgan fingerprint density at radius 1 is 1.09 bits per heavy atom. The van der Waals surface area contributed by atoms with E-state index in [1.54, 1.807) is 18.3 Å². The van der Waals surface area contributed by atoms with Crippen LogP contribution >= 0.6 is 0 Å². The molecule has 2 aromatic rings. The summed E-state index contributed by atoms with van der Waals surface area (Å²) in [6, 6.07) is 7.74. The lowest BCUT2D eigenvalue weighted by Gasteiger charge is -2.31. The van der Waals surface area contributed by atoms with Crippen LogP contribution in [0.3, 0.4) is 0 Å². The average Bonchev–Trinajstić information content (AvgIpc) is 2.80. The maximum Gasteiger partial charge on any atom is 0.417 e. The highest BCUT2D eigenvalue weighted by atomic mass is 19.4. The van der Waals surface area contributed by atoms with Crippen LogP contribution in [0, 0.1) is 17.2 Å². The molecule has 8 heteroatoms. The molecule has 0 spiro atoms. The minimum absolute atomic E-state index is 0.0954. The summed E-state index contributed by atoms with van der Waals surface area (Å²) in [7, 11) is 0. The van der Waals surface area contributed by atoms with Gasteiger partial charge in [-0.25, -0.2) is 0 Å². The fourth-order valence-corrected chi connectivity index (χ4v) is 4.60. The van der Waals surface area contributed by atoms with E-state index in [1.165, 1.54) is 6.07 Å². The van der Waals surface area contributed by atoms with E-state index < -0.39 is 11.7 Å². The molecule has 2 fully saturated rings. The highest BCUT2D eigenvalue weighted by Gasteiger charge is 2.34. The second-order valence-corrected chi connectivity index (χ2v) is 8.57. The molecule has 170 valence electrons. The lowest BCUT2D eigenvalue weighted by molar-refractivity contribution is -0.137. The fourth-order valence-electron chi connectivity index (χ4n) is 4.60. The van der Waals surface area contributed by atoms with Crippen LogP contribution in [0.2, 0.25) is 0 Å². The summed E-state index contributed by atoms with van der Waals surface area (Å²) in [5.41, 5.74) is 0.536. The first kappa shape index (κ1) is 22.4. The lowest BCUT2D eigenvalue weighted by atomic mass is 9.83. The van der Waals surface area contributed by atoms with Crippen molar-refractivity contribution in [3.05, 3.63) is 53.3 Å². The molecular weight excluding hydrogens is 417 g/mol. The molecule has 0 unspecified atom stereocenters. The molecule has 1 N–H and O–H groups in total. The third-order valence-corrected chi connectivity index (χ3v) is 6.31. The Morgan fingerprint density at radius 2 is 1.84 bits per heavy atom. The number of rotatable bonds is 5. The Balaban J connectivity index is 1.32. The Morgan fingerprint density at radius 3 is 2.53 bits per heavy atom. The molecule has 4 rings (SSSR count). The molecule has 2 aliphatic rings. The number of hydrogen-bond acceptors (Lipinski definition) is 5. The molecule has 1 aromatic heterocycles. The topological polar surface area (TPSA) is 61.2 Å². The van der Waals surface area contributed by atoms with Crippen molar-refractivity contribution in [1.82, 2.24) is 10.3 Å². The minimum atomic E-state index is -4.51. The summed E-state index contributed by atoms with van der Waals surface area (Å²) in [4.78, 5) is 6.63. The summed E-state index contributed by atoms with van der Waals surface area (Å²) in [5.74, 6) is 1.08. The van der Waals surface area contributed by atoms with E-state index in [4.69, 9.17) is 10.00 Å². The molecule has 1 aliphatic heterocycles. The first-order valence-corrected chi connectivity index (χ1v) is 11.1. The molecule has 0 bridgehead atoms. The number of alkyl halides is 3. The lowest BCUT2D eigenvalue weighted by Crippen LogP contribution is -2.43. The molecule has 0 amide bonds. The van der Waals surface area contributed by atoms with E-state index in [2.05, 4.69) is 15.2 Å². The summed E-state index contributed by atoms with van der Waals surface area (Å²) < 4.78 is 45.9. The zero-order valence-electron chi connectivity index (χ0n) is 17.9. The molecular formula is C24H27F3N4O. The van der Waals surface area contributed by atoms with E-state index in [0.717, 1.165) is 69.4 Å². The molecule has 1 aliphatic carbocycles. The monoisotopic (exact) mass is 444 g/mol. The first-order valence-electron chi connectivity index (χ1n) is 11.1. The second kappa shape index (κ2) is 9.78. The van der Waals surface area contributed by atoms with E-state index in [-0.39, 0.29) is 11.7 Å². The predicted molar refractivity (Wildman–Crippen MR) is 116 cm³/mol. The summed E-state index contributed by atoms with van der Waals surface area (Å²) in [6.45, 7) is 3.81. The van der Waals surface area contributed by atoms with Crippen molar-refractivity contribution in [2.45, 2.75) is 44.4 Å². The third-order valence-electron chi connectivity index (χ3n) is 6.31. The average molecular weight is 445 g/mol. The zero-order chi connectivity index (χ0) is 22.6. The Bertz CT molecular complexity index is 958. The summed E-state index contributed by atoms with van der Waals surface area (Å²) in [5, 5.41) is 12.3. The van der Waals surface area contributed by atoms with Crippen LogP contribution < -0.4 is 15.0 Å². The third kappa shape index (κ3) is 5.52. The Kier molecular flexibility index (Phi) is 6.85. The number of piperazine rings is 1. The molecule has 0 radical (unpaired) electrons. The highest BCUT2D eigenvalue weighted by molar-refractivity contribution is 5.48. The van der Waals surface area contributed by atoms with Gasteiger partial charge < -0.3 is 15.0 Å². The van der Waals surface area contributed by atoms with Crippen LogP contribution in [0.4, 0.5) is 18.9 Å². The Hall–Kier alpha value is -2.79. The van der Waals surface area contributed by atoms with E-state index in [1.807, 2.05) is 12.3 Å². The van der Waals surface area contributed by atoms with Gasteiger partial charge in [-0.1, -0.05) is 6.07 Å². The highest BCUT2D eigenvalue weighted by Crippen LogP contribution is 2.35. The van der Waals surface area contributed by atoms with E-state index in [0.29, 0.717) is 17.9 Å². The molecule has 2 heterocycles. The van der Waals surface area contributed by atoms with Gasteiger partial charge in [0.25, 0.3) is 0 Å². The quantitative estimate of drug-likeness (QED) is 0.733. The van der Waals surface area contributed by atoms with Crippen LogP contribution in [-0.2, 0) is 12.6 Å². The van der Waals surface area contributed by atoms with Gasteiger partial charge in [0, 0.05) is 32.2 Å². The van der Waals surface area contributed by atoms with Gasteiger partial charge in [0.2, 0.25) is 0 Å². The number of anilines is 1. The van der Waals surface area contributed by atoms with Crippen molar-refractivity contribution in [3.63, 3.8) is 0 Å². The van der Waals surface area contributed by atoms with Crippen molar-refractivity contribution >= 4 is 5.69 Å². The molecule has 1 saturated heterocycles. The fraction of sp³-hybridized carbons (Fsp3) is 0.500. The molecule has 1 aromatic carbocycles. The van der Waals surface area contributed by atoms with Crippen molar-refractivity contribution in [3.8, 4) is 11.8 Å². The van der Waals surface area contributed by atoms with Crippen LogP contribution in [0.15, 0.2) is 36.7 Å². The molecule has 0 atom stereocenters. The van der Waals surface area contributed by atoms with Gasteiger partial charge in [-0.15, -0.1) is 0 Å². The number of benzene rings is 1. The van der Waals surface area contributed by atoms with Gasteiger partial charge in [-0.2, -0.15) is 18.4 Å². The van der Waals surface area contributed by atoms with Crippen molar-refractivity contribution in [2.75, 3.05) is 31.1 Å². The predicted octanol–water partition coefficient (Wildman–Crippen LogP) is 4.56. The van der Waals surface area contributed by atoms with Crippen molar-refractivity contribution in [1.29, 1.82) is 5.26 Å². The zero-order valence-corrected chi connectivity index (χ0v) is 17.9. The standard InChI is InChI=1S/C24H27F3N4O/c25-24(26,27)23-12-18(1-4-19(23)14-28)11-17-2-5-21(6-3-17)32-22-13-20(15-30-16-22)31-9-7-29-8-10-31/h1,4,12-13,15-17,21,29H,2-3,5-11H2. The number of nitriles is 1. The van der Waals surface area contributed by atoms with Crippen LogP contribution in [0.1, 0.15) is 42.4 Å².